The molecular formula is C19H30O5Si. The van der Waals surface area contributed by atoms with E-state index in [0.717, 1.165) is 11.6 Å². The lowest BCUT2D eigenvalue weighted by Crippen LogP contribution is -2.40. The van der Waals surface area contributed by atoms with Gasteiger partial charge in [-0.3, -0.25) is 4.79 Å². The van der Waals surface area contributed by atoms with E-state index in [9.17, 15) is 14.7 Å². The third-order valence-electron chi connectivity index (χ3n) is 4.46. The van der Waals surface area contributed by atoms with Gasteiger partial charge in [-0.1, -0.05) is 63.3 Å². The quantitative estimate of drug-likeness (QED) is 0.463. The number of aliphatic carboxylic acids is 1. The Morgan fingerprint density at radius 3 is 2.28 bits per heavy atom. The minimum absolute atomic E-state index is 0.0277. The van der Waals surface area contributed by atoms with Crippen LogP contribution >= 0.6 is 0 Å². The van der Waals surface area contributed by atoms with E-state index in [1.165, 1.54) is 0 Å². The van der Waals surface area contributed by atoms with Crippen LogP contribution in [0.15, 0.2) is 30.3 Å². The molecule has 2 atom stereocenters. The number of benzene rings is 1. The van der Waals surface area contributed by atoms with E-state index in [1.807, 2.05) is 30.3 Å². The zero-order chi connectivity index (χ0) is 19.0. The van der Waals surface area contributed by atoms with Crippen molar-refractivity contribution in [1.29, 1.82) is 0 Å². The Balaban J connectivity index is 2.76. The largest absolute Gasteiger partial charge is 0.479 e. The van der Waals surface area contributed by atoms with Crippen molar-refractivity contribution in [2.75, 3.05) is 6.61 Å². The number of carbonyl (C=O) groups is 2. The molecule has 140 valence electrons. The van der Waals surface area contributed by atoms with Crippen molar-refractivity contribution < 1.29 is 24.5 Å². The maximum atomic E-state index is 12.1. The van der Waals surface area contributed by atoms with Crippen LogP contribution in [0.5, 0.6) is 0 Å². The molecule has 0 amide bonds. The summed E-state index contributed by atoms with van der Waals surface area (Å²) >= 11 is 0. The van der Waals surface area contributed by atoms with E-state index in [-0.39, 0.29) is 12.0 Å². The van der Waals surface area contributed by atoms with Gasteiger partial charge in [-0.05, 0) is 17.0 Å². The average molecular weight is 367 g/mol. The second kappa shape index (κ2) is 9.84. The highest BCUT2D eigenvalue weighted by Gasteiger charge is 2.36. The SMILES string of the molecule is CC(C)C[Si](C)(C)[C@H](COCc1ccccc1)CC(=O)C(O)C(=O)O. The molecule has 0 aliphatic rings. The van der Waals surface area contributed by atoms with Crippen molar-refractivity contribution in [3.05, 3.63) is 35.9 Å². The maximum absolute atomic E-state index is 12.1. The first-order valence-corrected chi connectivity index (χ1v) is 12.0. The van der Waals surface area contributed by atoms with Gasteiger partial charge in [-0.25, -0.2) is 4.79 Å². The number of Topliss-reactive ketones (excluding diaryl/α,β-unsaturated/α-hetero) is 1. The summed E-state index contributed by atoms with van der Waals surface area (Å²) in [6, 6.07) is 10.8. The van der Waals surface area contributed by atoms with E-state index in [0.29, 0.717) is 19.1 Å². The molecule has 25 heavy (non-hydrogen) atoms. The van der Waals surface area contributed by atoms with E-state index in [2.05, 4.69) is 26.9 Å². The number of hydrogen-bond acceptors (Lipinski definition) is 4. The second-order valence-corrected chi connectivity index (χ2v) is 12.9. The van der Waals surface area contributed by atoms with Crippen LogP contribution in [0.2, 0.25) is 24.7 Å². The van der Waals surface area contributed by atoms with Gasteiger partial charge in [0, 0.05) is 13.0 Å². The smallest absolute Gasteiger partial charge is 0.340 e. The molecule has 0 aromatic heterocycles. The zero-order valence-electron chi connectivity index (χ0n) is 15.6. The third-order valence-corrected chi connectivity index (χ3v) is 8.91. The molecule has 5 nitrogen and oxygen atoms in total. The molecule has 2 N–H and O–H groups in total. The molecule has 1 aromatic carbocycles. The molecule has 0 bridgehead atoms. The van der Waals surface area contributed by atoms with Crippen LogP contribution in [0.1, 0.15) is 25.8 Å². The highest BCUT2D eigenvalue weighted by molar-refractivity contribution is 6.79. The lowest BCUT2D eigenvalue weighted by atomic mass is 10.1. The molecule has 0 aliphatic carbocycles. The molecule has 0 saturated heterocycles. The average Bonchev–Trinajstić information content (AvgIpc) is 2.52. The zero-order valence-corrected chi connectivity index (χ0v) is 16.6. The summed E-state index contributed by atoms with van der Waals surface area (Å²) in [7, 11) is -1.83. The Bertz CT molecular complexity index is 556. The van der Waals surface area contributed by atoms with Crippen LogP contribution in [-0.4, -0.2) is 42.8 Å². The van der Waals surface area contributed by atoms with E-state index in [1.54, 1.807) is 0 Å². The van der Waals surface area contributed by atoms with E-state index in [4.69, 9.17) is 9.84 Å². The molecule has 0 spiro atoms. The normalized spacial score (nSPS) is 14.3. The lowest BCUT2D eigenvalue weighted by Gasteiger charge is -2.34. The van der Waals surface area contributed by atoms with Gasteiger partial charge in [0.2, 0.25) is 6.10 Å². The van der Waals surface area contributed by atoms with Crippen molar-refractivity contribution in [3.8, 4) is 0 Å². The number of aliphatic hydroxyl groups is 1. The lowest BCUT2D eigenvalue weighted by molar-refractivity contribution is -0.152. The van der Waals surface area contributed by atoms with Crippen LogP contribution < -0.4 is 0 Å². The number of carboxylic acid groups (broad SMARTS) is 1. The first kappa shape index (κ1) is 21.5. The number of ether oxygens (including phenoxy) is 1. The Morgan fingerprint density at radius 1 is 1.16 bits per heavy atom. The summed E-state index contributed by atoms with van der Waals surface area (Å²) in [5, 5.41) is 18.4. The van der Waals surface area contributed by atoms with Crippen LogP contribution in [-0.2, 0) is 20.9 Å². The van der Waals surface area contributed by atoms with Gasteiger partial charge < -0.3 is 14.9 Å². The predicted molar refractivity (Wildman–Crippen MR) is 100 cm³/mol. The van der Waals surface area contributed by atoms with Crippen molar-refractivity contribution in [1.82, 2.24) is 0 Å². The van der Waals surface area contributed by atoms with E-state index < -0.39 is 25.9 Å². The summed E-state index contributed by atoms with van der Waals surface area (Å²) in [5.74, 6) is -1.62. The molecule has 0 saturated carbocycles. The minimum Gasteiger partial charge on any atom is -0.479 e. The summed E-state index contributed by atoms with van der Waals surface area (Å²) in [5.41, 5.74) is 1.03. The topological polar surface area (TPSA) is 83.8 Å². The number of aliphatic hydroxyl groups excluding tert-OH is 1. The fourth-order valence-electron chi connectivity index (χ4n) is 3.17. The third kappa shape index (κ3) is 7.50. The van der Waals surface area contributed by atoms with Crippen LogP contribution in [0.3, 0.4) is 0 Å². The highest BCUT2D eigenvalue weighted by atomic mass is 28.3. The molecule has 1 rings (SSSR count). The van der Waals surface area contributed by atoms with Gasteiger partial charge in [-0.2, -0.15) is 0 Å². The molecule has 0 fully saturated rings. The summed E-state index contributed by atoms with van der Waals surface area (Å²) in [6.07, 6.45) is -1.89. The Kier molecular flexibility index (Phi) is 8.48. The monoisotopic (exact) mass is 366 g/mol. The number of rotatable bonds is 11. The summed E-state index contributed by atoms with van der Waals surface area (Å²) in [6.45, 7) is 9.54. The Hall–Kier alpha value is -1.50. The number of ketones is 1. The Labute approximate surface area is 151 Å². The fraction of sp³-hybridized carbons (Fsp3) is 0.579. The summed E-state index contributed by atoms with van der Waals surface area (Å²) in [4.78, 5) is 23.0. The first-order valence-electron chi connectivity index (χ1n) is 8.68. The maximum Gasteiger partial charge on any atom is 0.340 e. The van der Waals surface area contributed by atoms with Crippen molar-refractivity contribution >= 4 is 19.8 Å². The van der Waals surface area contributed by atoms with Gasteiger partial charge >= 0.3 is 5.97 Å². The molecule has 1 aromatic rings. The second-order valence-electron chi connectivity index (χ2n) is 7.70. The number of carbonyl (C=O) groups excluding carboxylic acids is 1. The number of carboxylic acids is 1. The van der Waals surface area contributed by atoms with Gasteiger partial charge in [0.25, 0.3) is 0 Å². The van der Waals surface area contributed by atoms with Crippen molar-refractivity contribution in [2.24, 2.45) is 5.92 Å². The summed E-state index contributed by atoms with van der Waals surface area (Å²) < 4.78 is 5.84. The minimum atomic E-state index is -1.94. The Morgan fingerprint density at radius 2 is 1.76 bits per heavy atom. The molecule has 0 heterocycles. The molecule has 0 aliphatic heterocycles. The van der Waals surface area contributed by atoms with Gasteiger partial charge in [0.15, 0.2) is 5.78 Å². The van der Waals surface area contributed by atoms with Gasteiger partial charge in [-0.15, -0.1) is 0 Å². The van der Waals surface area contributed by atoms with Crippen LogP contribution in [0.25, 0.3) is 0 Å². The first-order chi connectivity index (χ1) is 11.6. The molecular weight excluding hydrogens is 336 g/mol. The van der Waals surface area contributed by atoms with Crippen molar-refractivity contribution in [3.63, 3.8) is 0 Å². The molecule has 0 radical (unpaired) electrons. The molecule has 1 unspecified atom stereocenters. The van der Waals surface area contributed by atoms with Crippen molar-refractivity contribution in [2.45, 2.75) is 57.7 Å². The number of hydrogen-bond donors (Lipinski definition) is 2. The molecule has 6 heteroatoms. The van der Waals surface area contributed by atoms with E-state index >= 15 is 0 Å². The van der Waals surface area contributed by atoms with Crippen LogP contribution in [0, 0.1) is 5.92 Å². The van der Waals surface area contributed by atoms with Crippen LogP contribution in [0.4, 0.5) is 0 Å². The highest BCUT2D eigenvalue weighted by Crippen LogP contribution is 2.33. The van der Waals surface area contributed by atoms with Gasteiger partial charge in [0.1, 0.15) is 0 Å². The van der Waals surface area contributed by atoms with Gasteiger partial charge in [0.05, 0.1) is 14.7 Å². The predicted octanol–water partition coefficient (Wildman–Crippen LogP) is 3.34. The standard InChI is InChI=1S/C19H30O5Si/c1-14(2)13-25(3,4)16(10-17(20)18(21)19(22)23)12-24-11-15-8-6-5-7-9-15/h5-9,14,16,18,21H,10-13H2,1-4H3,(H,22,23)/t16-,18?/m0/s1. The fourth-order valence-corrected chi connectivity index (χ4v) is 6.93.